The predicted molar refractivity (Wildman–Crippen MR) is 99.3 cm³/mol. The zero-order valence-corrected chi connectivity index (χ0v) is 15.4. The molecule has 0 spiro atoms. The van der Waals surface area contributed by atoms with Gasteiger partial charge >= 0.3 is 6.03 Å². The molecule has 1 atom stereocenters. The van der Waals surface area contributed by atoms with E-state index in [4.69, 9.17) is 18.9 Å². The third-order valence-electron chi connectivity index (χ3n) is 3.85. The van der Waals surface area contributed by atoms with Crippen molar-refractivity contribution in [3.63, 3.8) is 0 Å². The van der Waals surface area contributed by atoms with Crippen LogP contribution in [-0.4, -0.2) is 41.0 Å². The van der Waals surface area contributed by atoms with Crippen LogP contribution in [0.15, 0.2) is 42.5 Å². The minimum absolute atomic E-state index is 0.293. The Bertz CT molecular complexity index is 736. The van der Waals surface area contributed by atoms with Gasteiger partial charge in [-0.3, -0.25) is 0 Å². The van der Waals surface area contributed by atoms with Crippen molar-refractivity contribution in [2.24, 2.45) is 0 Å². The normalized spacial score (nSPS) is 11.4. The van der Waals surface area contributed by atoms with E-state index in [1.807, 2.05) is 24.3 Å². The van der Waals surface area contributed by atoms with Gasteiger partial charge in [0.05, 0.1) is 33.1 Å². The summed E-state index contributed by atoms with van der Waals surface area (Å²) in [6.45, 7) is 0.293. The number of ether oxygens (including phenoxy) is 4. The number of hydrogen-bond donors (Lipinski definition) is 2. The Balaban J connectivity index is 2.01. The average molecular weight is 360 g/mol. The lowest BCUT2D eigenvalue weighted by Gasteiger charge is -2.18. The van der Waals surface area contributed by atoms with E-state index in [-0.39, 0.29) is 12.1 Å². The molecule has 26 heavy (non-hydrogen) atoms. The number of methoxy groups -OCH3 is 4. The molecule has 2 amide bonds. The van der Waals surface area contributed by atoms with Crippen molar-refractivity contribution < 1.29 is 23.7 Å². The molecule has 2 N–H and O–H groups in total. The Morgan fingerprint density at radius 3 is 2.42 bits per heavy atom. The molecular formula is C19H24N2O5. The zero-order chi connectivity index (χ0) is 18.9. The maximum atomic E-state index is 12.3. The summed E-state index contributed by atoms with van der Waals surface area (Å²) in [6, 6.07) is 12.4. The number of carbonyl (C=O) groups excluding carboxylic acids is 1. The molecule has 0 fully saturated rings. The monoisotopic (exact) mass is 360 g/mol. The van der Waals surface area contributed by atoms with Crippen LogP contribution in [0.25, 0.3) is 0 Å². The molecule has 0 aromatic heterocycles. The molecule has 0 saturated heterocycles. The highest BCUT2D eigenvalue weighted by Crippen LogP contribution is 2.34. The van der Waals surface area contributed by atoms with Gasteiger partial charge in [-0.15, -0.1) is 0 Å². The van der Waals surface area contributed by atoms with Gasteiger partial charge in [0.2, 0.25) is 0 Å². The molecule has 0 aliphatic heterocycles. The molecule has 140 valence electrons. The molecule has 7 nitrogen and oxygen atoms in total. The Morgan fingerprint density at radius 2 is 1.77 bits per heavy atom. The minimum Gasteiger partial charge on any atom is -0.497 e. The smallest absolute Gasteiger partial charge is 0.319 e. The molecule has 0 aliphatic rings. The van der Waals surface area contributed by atoms with E-state index in [2.05, 4.69) is 10.6 Å². The number of nitrogens with one attached hydrogen (secondary N) is 2. The number of benzene rings is 2. The summed E-state index contributed by atoms with van der Waals surface area (Å²) < 4.78 is 21.2. The number of hydrogen-bond acceptors (Lipinski definition) is 5. The summed E-state index contributed by atoms with van der Waals surface area (Å²) in [4.78, 5) is 12.3. The number of urea groups is 1. The Hall–Kier alpha value is -2.93. The quantitative estimate of drug-likeness (QED) is 0.756. The van der Waals surface area contributed by atoms with Crippen LogP contribution >= 0.6 is 0 Å². The Labute approximate surface area is 153 Å². The second-order valence-corrected chi connectivity index (χ2v) is 5.38. The lowest BCUT2D eigenvalue weighted by molar-refractivity contribution is 0.104. The third-order valence-corrected chi connectivity index (χ3v) is 3.85. The van der Waals surface area contributed by atoms with E-state index >= 15 is 0 Å². The maximum Gasteiger partial charge on any atom is 0.319 e. The highest BCUT2D eigenvalue weighted by atomic mass is 16.5. The largest absolute Gasteiger partial charge is 0.497 e. The molecular weight excluding hydrogens is 336 g/mol. The van der Waals surface area contributed by atoms with Crippen molar-refractivity contribution in [3.8, 4) is 17.2 Å². The van der Waals surface area contributed by atoms with E-state index in [1.165, 1.54) is 7.11 Å². The standard InChI is InChI=1S/C19H24N2O5/c1-23-14-8-5-7-13(11-14)17(25-3)12-20-19(22)21-15-9-6-10-16(24-2)18(15)26-4/h5-11,17H,12H2,1-4H3,(H2,20,21,22)/t17-/m0/s1. The third kappa shape index (κ3) is 4.80. The van der Waals surface area contributed by atoms with E-state index < -0.39 is 0 Å². The molecule has 0 aliphatic carbocycles. The van der Waals surface area contributed by atoms with Gasteiger partial charge in [0, 0.05) is 13.7 Å². The average Bonchev–Trinajstić information content (AvgIpc) is 2.68. The molecule has 0 bridgehead atoms. The van der Waals surface area contributed by atoms with Crippen LogP contribution in [0, 0.1) is 0 Å². The first kappa shape index (κ1) is 19.4. The molecule has 0 radical (unpaired) electrons. The highest BCUT2D eigenvalue weighted by Gasteiger charge is 2.15. The lowest BCUT2D eigenvalue weighted by atomic mass is 10.1. The van der Waals surface area contributed by atoms with E-state index in [0.29, 0.717) is 23.7 Å². The molecule has 2 rings (SSSR count). The van der Waals surface area contributed by atoms with Gasteiger partial charge < -0.3 is 29.6 Å². The lowest BCUT2D eigenvalue weighted by Crippen LogP contribution is -2.33. The molecule has 2 aromatic rings. The summed E-state index contributed by atoms with van der Waals surface area (Å²) in [7, 11) is 6.26. The Morgan fingerprint density at radius 1 is 1.00 bits per heavy atom. The number of anilines is 1. The topological polar surface area (TPSA) is 78.1 Å². The van der Waals surface area contributed by atoms with Crippen molar-refractivity contribution in [3.05, 3.63) is 48.0 Å². The summed E-state index contributed by atoms with van der Waals surface area (Å²) in [5.41, 5.74) is 1.42. The summed E-state index contributed by atoms with van der Waals surface area (Å²) >= 11 is 0. The van der Waals surface area contributed by atoms with Crippen LogP contribution in [0.3, 0.4) is 0 Å². The predicted octanol–water partition coefficient (Wildman–Crippen LogP) is 3.22. The van der Waals surface area contributed by atoms with Gasteiger partial charge in [0.15, 0.2) is 11.5 Å². The van der Waals surface area contributed by atoms with Crippen LogP contribution in [0.2, 0.25) is 0 Å². The van der Waals surface area contributed by atoms with Gasteiger partial charge in [-0.05, 0) is 29.8 Å². The molecule has 0 saturated carbocycles. The molecule has 0 heterocycles. The second-order valence-electron chi connectivity index (χ2n) is 5.38. The van der Waals surface area contributed by atoms with Crippen LogP contribution in [0.1, 0.15) is 11.7 Å². The molecule has 0 unspecified atom stereocenters. The van der Waals surface area contributed by atoms with Crippen LogP contribution in [-0.2, 0) is 4.74 Å². The van der Waals surface area contributed by atoms with Crippen molar-refractivity contribution in [1.29, 1.82) is 0 Å². The van der Waals surface area contributed by atoms with Crippen LogP contribution < -0.4 is 24.8 Å². The Kier molecular flexibility index (Phi) is 7.11. The minimum atomic E-state index is -0.374. The van der Waals surface area contributed by atoms with Gasteiger partial charge in [0.25, 0.3) is 0 Å². The van der Waals surface area contributed by atoms with Gasteiger partial charge in [0.1, 0.15) is 5.75 Å². The van der Waals surface area contributed by atoms with Gasteiger partial charge in [-0.1, -0.05) is 18.2 Å². The second kappa shape index (κ2) is 9.53. The molecule has 7 heteroatoms. The van der Waals surface area contributed by atoms with E-state index in [1.54, 1.807) is 39.5 Å². The number of amides is 2. The first-order chi connectivity index (χ1) is 12.6. The number of para-hydroxylation sites is 1. The number of rotatable bonds is 8. The fourth-order valence-electron chi connectivity index (χ4n) is 2.52. The van der Waals surface area contributed by atoms with Gasteiger partial charge in [-0.2, -0.15) is 0 Å². The van der Waals surface area contributed by atoms with Crippen molar-refractivity contribution >= 4 is 11.7 Å². The van der Waals surface area contributed by atoms with Crippen molar-refractivity contribution in [2.75, 3.05) is 40.3 Å². The van der Waals surface area contributed by atoms with Crippen molar-refractivity contribution in [2.45, 2.75) is 6.10 Å². The summed E-state index contributed by atoms with van der Waals surface area (Å²) in [6.07, 6.45) is -0.303. The first-order valence-electron chi connectivity index (χ1n) is 8.05. The number of carbonyl (C=O) groups is 1. The maximum absolute atomic E-state index is 12.3. The highest BCUT2D eigenvalue weighted by molar-refractivity contribution is 5.91. The van der Waals surface area contributed by atoms with Crippen LogP contribution in [0.4, 0.5) is 10.5 Å². The first-order valence-corrected chi connectivity index (χ1v) is 8.05. The zero-order valence-electron chi connectivity index (χ0n) is 15.4. The molecule has 2 aromatic carbocycles. The fourth-order valence-corrected chi connectivity index (χ4v) is 2.52. The van der Waals surface area contributed by atoms with E-state index in [0.717, 1.165) is 11.3 Å². The summed E-state index contributed by atoms with van der Waals surface area (Å²) in [5.74, 6) is 1.73. The SMILES string of the molecule is COc1cccc([C@H](CNC(=O)Nc2cccc(OC)c2OC)OC)c1. The van der Waals surface area contributed by atoms with Crippen molar-refractivity contribution in [1.82, 2.24) is 5.32 Å². The summed E-state index contributed by atoms with van der Waals surface area (Å²) in [5, 5.41) is 5.55. The van der Waals surface area contributed by atoms with Crippen LogP contribution in [0.5, 0.6) is 17.2 Å². The fraction of sp³-hybridized carbons (Fsp3) is 0.316. The van der Waals surface area contributed by atoms with Gasteiger partial charge in [-0.25, -0.2) is 4.79 Å². The van der Waals surface area contributed by atoms with E-state index in [9.17, 15) is 4.79 Å².